The summed E-state index contributed by atoms with van der Waals surface area (Å²) in [4.78, 5) is 27.7. The first-order valence-electron chi connectivity index (χ1n) is 9.14. The third-order valence-electron chi connectivity index (χ3n) is 4.24. The van der Waals surface area contributed by atoms with E-state index in [4.69, 9.17) is 0 Å². The number of nitrogens with zero attached hydrogens (tertiary/aromatic N) is 1. The van der Waals surface area contributed by atoms with Gasteiger partial charge in [0.05, 0.1) is 12.1 Å². The van der Waals surface area contributed by atoms with Crippen molar-refractivity contribution in [2.75, 3.05) is 11.9 Å². The van der Waals surface area contributed by atoms with Gasteiger partial charge in [-0.15, -0.1) is 11.3 Å². The van der Waals surface area contributed by atoms with Gasteiger partial charge in [-0.2, -0.15) is 0 Å². The Hall–Kier alpha value is -2.99. The van der Waals surface area contributed by atoms with Crippen molar-refractivity contribution in [3.8, 4) is 11.3 Å². The highest BCUT2D eigenvalue weighted by Gasteiger charge is 2.10. The van der Waals surface area contributed by atoms with Crippen LogP contribution in [0.3, 0.4) is 0 Å². The van der Waals surface area contributed by atoms with Gasteiger partial charge in [-0.1, -0.05) is 42.0 Å². The summed E-state index contributed by atoms with van der Waals surface area (Å²) in [6.45, 7) is 4.16. The Morgan fingerprint density at radius 1 is 1.04 bits per heavy atom. The molecule has 0 aliphatic heterocycles. The molecule has 0 radical (unpaired) electrons. The van der Waals surface area contributed by atoms with Crippen LogP contribution < -0.4 is 10.6 Å². The summed E-state index contributed by atoms with van der Waals surface area (Å²) < 4.78 is 0. The number of aromatic nitrogens is 1. The van der Waals surface area contributed by atoms with E-state index < -0.39 is 0 Å². The number of thiazole rings is 1. The van der Waals surface area contributed by atoms with Gasteiger partial charge >= 0.3 is 0 Å². The lowest BCUT2D eigenvalue weighted by molar-refractivity contribution is -0.119. The first-order chi connectivity index (χ1) is 13.5. The van der Waals surface area contributed by atoms with Crippen molar-refractivity contribution in [1.29, 1.82) is 0 Å². The summed E-state index contributed by atoms with van der Waals surface area (Å²) in [5.74, 6) is -0.0869. The number of amides is 2. The van der Waals surface area contributed by atoms with Crippen LogP contribution in [0.15, 0.2) is 53.9 Å². The number of aryl methyl sites for hydroxylation is 1. The van der Waals surface area contributed by atoms with Crippen LogP contribution in [0, 0.1) is 6.92 Å². The molecule has 0 unspecified atom stereocenters. The molecule has 2 aromatic carbocycles. The predicted octanol–water partition coefficient (Wildman–Crippen LogP) is 3.98. The van der Waals surface area contributed by atoms with E-state index in [0.717, 1.165) is 39.5 Å². The van der Waals surface area contributed by atoms with Crippen LogP contribution in [0.1, 0.15) is 23.1 Å². The zero-order chi connectivity index (χ0) is 19.9. The molecule has 0 saturated carbocycles. The summed E-state index contributed by atoms with van der Waals surface area (Å²) in [7, 11) is 0. The maximum absolute atomic E-state index is 12.2. The van der Waals surface area contributed by atoms with Crippen molar-refractivity contribution in [1.82, 2.24) is 10.3 Å². The smallest absolute Gasteiger partial charge is 0.231 e. The molecule has 0 bridgehead atoms. The Bertz CT molecular complexity index is 947. The number of carbonyl (C=O) groups is 2. The van der Waals surface area contributed by atoms with Crippen LogP contribution in [-0.4, -0.2) is 23.3 Å². The third-order valence-corrected chi connectivity index (χ3v) is 5.08. The van der Waals surface area contributed by atoms with Gasteiger partial charge in [0.1, 0.15) is 5.01 Å². The second-order valence-corrected chi connectivity index (χ2v) is 7.59. The Balaban J connectivity index is 1.56. The standard InChI is InChI=1S/C22H23N3O2S/c1-15-3-9-19(10-4-15)24-21(27)13-22-25-20(14-28-22)18-7-5-17(6-8-18)11-12-23-16(2)26/h3-10,14H,11-13H2,1-2H3,(H,23,26)(H,24,27). The van der Waals surface area contributed by atoms with E-state index in [-0.39, 0.29) is 18.2 Å². The molecular formula is C22H23N3O2S. The summed E-state index contributed by atoms with van der Waals surface area (Å²) in [6, 6.07) is 15.9. The molecule has 2 amide bonds. The Morgan fingerprint density at radius 2 is 1.75 bits per heavy atom. The molecule has 28 heavy (non-hydrogen) atoms. The number of carbonyl (C=O) groups excluding carboxylic acids is 2. The molecule has 1 aromatic heterocycles. The SMILES string of the molecule is CC(=O)NCCc1ccc(-c2csc(CC(=O)Nc3ccc(C)cc3)n2)cc1. The molecule has 0 aliphatic carbocycles. The van der Waals surface area contributed by atoms with Crippen molar-refractivity contribution in [3.05, 3.63) is 70.0 Å². The van der Waals surface area contributed by atoms with Crippen molar-refractivity contribution in [2.24, 2.45) is 0 Å². The van der Waals surface area contributed by atoms with E-state index in [2.05, 4.69) is 15.6 Å². The maximum atomic E-state index is 12.2. The second kappa shape index (κ2) is 9.28. The lowest BCUT2D eigenvalue weighted by Gasteiger charge is -2.04. The number of rotatable bonds is 7. The molecule has 0 atom stereocenters. The molecule has 1 heterocycles. The molecule has 0 spiro atoms. The molecular weight excluding hydrogens is 370 g/mol. The summed E-state index contributed by atoms with van der Waals surface area (Å²) >= 11 is 1.49. The van der Waals surface area contributed by atoms with Crippen LogP contribution in [-0.2, 0) is 22.4 Å². The van der Waals surface area contributed by atoms with E-state index >= 15 is 0 Å². The second-order valence-electron chi connectivity index (χ2n) is 6.65. The van der Waals surface area contributed by atoms with Crippen molar-refractivity contribution < 1.29 is 9.59 Å². The number of nitrogens with one attached hydrogen (secondary N) is 2. The molecule has 0 aliphatic rings. The molecule has 3 rings (SSSR count). The first-order valence-corrected chi connectivity index (χ1v) is 10.0. The summed E-state index contributed by atoms with van der Waals surface area (Å²) in [5, 5.41) is 8.45. The summed E-state index contributed by atoms with van der Waals surface area (Å²) in [5.41, 5.74) is 5.00. The Kier molecular flexibility index (Phi) is 6.55. The van der Waals surface area contributed by atoms with E-state index in [1.807, 2.05) is 60.8 Å². The molecule has 6 heteroatoms. The van der Waals surface area contributed by atoms with Crippen LogP contribution in [0.2, 0.25) is 0 Å². The quantitative estimate of drug-likeness (QED) is 0.638. The van der Waals surface area contributed by atoms with Crippen LogP contribution >= 0.6 is 11.3 Å². The molecule has 144 valence electrons. The largest absolute Gasteiger partial charge is 0.356 e. The van der Waals surface area contributed by atoms with Gasteiger partial charge in [0, 0.05) is 30.1 Å². The normalized spacial score (nSPS) is 10.5. The zero-order valence-corrected chi connectivity index (χ0v) is 16.8. The monoisotopic (exact) mass is 393 g/mol. The van der Waals surface area contributed by atoms with Gasteiger partial charge in [0.15, 0.2) is 0 Å². The maximum Gasteiger partial charge on any atom is 0.231 e. The fraction of sp³-hybridized carbons (Fsp3) is 0.227. The minimum Gasteiger partial charge on any atom is -0.356 e. The molecule has 0 saturated heterocycles. The van der Waals surface area contributed by atoms with Crippen LogP contribution in [0.4, 0.5) is 5.69 Å². The lowest BCUT2D eigenvalue weighted by atomic mass is 10.1. The van der Waals surface area contributed by atoms with Gasteiger partial charge in [-0.05, 0) is 31.0 Å². The minimum atomic E-state index is -0.0712. The fourth-order valence-corrected chi connectivity index (χ4v) is 3.53. The lowest BCUT2D eigenvalue weighted by Crippen LogP contribution is -2.22. The van der Waals surface area contributed by atoms with Crippen LogP contribution in [0.5, 0.6) is 0 Å². The predicted molar refractivity (Wildman–Crippen MR) is 113 cm³/mol. The van der Waals surface area contributed by atoms with Crippen molar-refractivity contribution in [2.45, 2.75) is 26.7 Å². The van der Waals surface area contributed by atoms with E-state index in [0.29, 0.717) is 6.54 Å². The fourth-order valence-electron chi connectivity index (χ4n) is 2.73. The number of anilines is 1. The minimum absolute atomic E-state index is 0.0157. The highest BCUT2D eigenvalue weighted by Crippen LogP contribution is 2.23. The van der Waals surface area contributed by atoms with Gasteiger partial charge in [-0.25, -0.2) is 4.98 Å². The average Bonchev–Trinajstić information content (AvgIpc) is 3.12. The highest BCUT2D eigenvalue weighted by atomic mass is 32.1. The zero-order valence-electron chi connectivity index (χ0n) is 16.0. The van der Waals surface area contributed by atoms with E-state index in [1.54, 1.807) is 0 Å². The van der Waals surface area contributed by atoms with Gasteiger partial charge in [0.25, 0.3) is 0 Å². The van der Waals surface area contributed by atoms with Crippen LogP contribution in [0.25, 0.3) is 11.3 Å². The highest BCUT2D eigenvalue weighted by molar-refractivity contribution is 7.10. The molecule has 5 nitrogen and oxygen atoms in total. The first kappa shape index (κ1) is 19.8. The Labute approximate surface area is 168 Å². The Morgan fingerprint density at radius 3 is 2.43 bits per heavy atom. The molecule has 3 aromatic rings. The molecule has 0 fully saturated rings. The van der Waals surface area contributed by atoms with Gasteiger partial charge in [0.2, 0.25) is 11.8 Å². The van der Waals surface area contributed by atoms with Gasteiger partial charge < -0.3 is 10.6 Å². The number of hydrogen-bond acceptors (Lipinski definition) is 4. The number of hydrogen-bond donors (Lipinski definition) is 2. The topological polar surface area (TPSA) is 71.1 Å². The molecule has 2 N–H and O–H groups in total. The summed E-state index contributed by atoms with van der Waals surface area (Å²) in [6.07, 6.45) is 1.05. The van der Waals surface area contributed by atoms with Gasteiger partial charge in [-0.3, -0.25) is 9.59 Å². The van der Waals surface area contributed by atoms with E-state index in [1.165, 1.54) is 18.3 Å². The third kappa shape index (κ3) is 5.76. The van der Waals surface area contributed by atoms with E-state index in [9.17, 15) is 9.59 Å². The number of benzene rings is 2. The van der Waals surface area contributed by atoms with Crippen molar-refractivity contribution >= 4 is 28.8 Å². The van der Waals surface area contributed by atoms with Crippen molar-refractivity contribution in [3.63, 3.8) is 0 Å². The average molecular weight is 394 g/mol.